The summed E-state index contributed by atoms with van der Waals surface area (Å²) in [5.74, 6) is 0.518. The molecule has 2 aliphatic rings. The predicted molar refractivity (Wildman–Crippen MR) is 78.4 cm³/mol. The van der Waals surface area contributed by atoms with E-state index in [-0.39, 0.29) is 11.1 Å². The van der Waals surface area contributed by atoms with Crippen LogP contribution in [0, 0.1) is 0 Å². The fourth-order valence-electron chi connectivity index (χ4n) is 2.23. The van der Waals surface area contributed by atoms with Crippen LogP contribution in [-0.4, -0.2) is 42.3 Å². The van der Waals surface area contributed by atoms with Crippen LogP contribution in [0.3, 0.4) is 0 Å². The van der Waals surface area contributed by atoms with E-state index in [9.17, 15) is 9.59 Å². The summed E-state index contributed by atoms with van der Waals surface area (Å²) in [5, 5.41) is 5.23. The van der Waals surface area contributed by atoms with Gasteiger partial charge in [0.2, 0.25) is 0 Å². The van der Waals surface area contributed by atoms with Crippen LogP contribution in [0.5, 0.6) is 0 Å². The zero-order valence-corrected chi connectivity index (χ0v) is 11.6. The van der Waals surface area contributed by atoms with Crippen molar-refractivity contribution in [3.63, 3.8) is 0 Å². The number of amides is 2. The third-order valence-electron chi connectivity index (χ3n) is 3.16. The van der Waals surface area contributed by atoms with Gasteiger partial charge in [0.25, 0.3) is 11.1 Å². The third-order valence-corrected chi connectivity index (χ3v) is 3.97. The maximum absolute atomic E-state index is 11.6. The molecule has 0 atom stereocenters. The maximum Gasteiger partial charge on any atom is 0.290 e. The Bertz CT molecular complexity index is 581. The molecule has 2 saturated heterocycles. The molecule has 3 rings (SSSR count). The quantitative estimate of drug-likeness (QED) is 0.785. The van der Waals surface area contributed by atoms with Crippen LogP contribution in [0.2, 0.25) is 0 Å². The van der Waals surface area contributed by atoms with Gasteiger partial charge in [-0.25, -0.2) is 4.98 Å². The van der Waals surface area contributed by atoms with Crippen molar-refractivity contribution in [3.05, 3.63) is 28.8 Å². The van der Waals surface area contributed by atoms with Gasteiger partial charge in [-0.2, -0.15) is 0 Å². The molecule has 0 aliphatic carbocycles. The number of nitrogens with one attached hydrogen (secondary N) is 2. The standard InChI is InChI=1S/C13H14N4O2S/c18-12-10(20-13(19)16-12)8-9-2-1-3-15-11(9)17-6-4-14-5-7-17/h1-3,8,14H,4-7H2,(H,16,18,19)/b10-8-. The molecular weight excluding hydrogens is 276 g/mol. The van der Waals surface area contributed by atoms with E-state index < -0.39 is 0 Å². The Hall–Kier alpha value is -1.86. The average Bonchev–Trinajstić information content (AvgIpc) is 2.78. The Balaban J connectivity index is 1.91. The molecule has 1 aromatic heterocycles. The summed E-state index contributed by atoms with van der Waals surface area (Å²) >= 11 is 0.927. The van der Waals surface area contributed by atoms with Crippen molar-refractivity contribution in [2.75, 3.05) is 31.1 Å². The number of anilines is 1. The highest BCUT2D eigenvalue weighted by Gasteiger charge is 2.25. The normalized spacial score (nSPS) is 21.4. The van der Waals surface area contributed by atoms with Crippen molar-refractivity contribution >= 4 is 34.8 Å². The minimum absolute atomic E-state index is 0.325. The minimum atomic E-state index is -0.338. The molecule has 0 unspecified atom stereocenters. The number of carbonyl (C=O) groups excluding carboxylic acids is 2. The first kappa shape index (κ1) is 13.1. The molecule has 0 aromatic carbocycles. The molecule has 3 heterocycles. The monoisotopic (exact) mass is 290 g/mol. The van der Waals surface area contributed by atoms with Gasteiger partial charge >= 0.3 is 0 Å². The zero-order chi connectivity index (χ0) is 13.9. The molecule has 0 spiro atoms. The minimum Gasteiger partial charge on any atom is -0.354 e. The first-order chi connectivity index (χ1) is 9.74. The lowest BCUT2D eigenvalue weighted by Gasteiger charge is -2.29. The SMILES string of the molecule is O=C1NC(=O)/C(=C/c2cccnc2N2CCNCC2)S1. The summed E-state index contributed by atoms with van der Waals surface area (Å²) in [5.41, 5.74) is 0.863. The van der Waals surface area contributed by atoms with E-state index in [2.05, 4.69) is 20.5 Å². The molecule has 2 amide bonds. The van der Waals surface area contributed by atoms with Gasteiger partial charge in [-0.3, -0.25) is 14.9 Å². The van der Waals surface area contributed by atoms with E-state index in [0.717, 1.165) is 49.3 Å². The number of rotatable bonds is 2. The van der Waals surface area contributed by atoms with Gasteiger partial charge in [0.1, 0.15) is 5.82 Å². The number of aromatic nitrogens is 1. The molecule has 2 aliphatic heterocycles. The van der Waals surface area contributed by atoms with Crippen molar-refractivity contribution in [2.45, 2.75) is 0 Å². The van der Waals surface area contributed by atoms with Gasteiger partial charge in [0, 0.05) is 37.9 Å². The van der Waals surface area contributed by atoms with Gasteiger partial charge in [-0.15, -0.1) is 0 Å². The van der Waals surface area contributed by atoms with Crippen LogP contribution in [-0.2, 0) is 4.79 Å². The van der Waals surface area contributed by atoms with E-state index in [4.69, 9.17) is 0 Å². The number of piperazine rings is 1. The van der Waals surface area contributed by atoms with Crippen molar-refractivity contribution < 1.29 is 9.59 Å². The first-order valence-electron chi connectivity index (χ1n) is 6.39. The highest BCUT2D eigenvalue weighted by molar-refractivity contribution is 8.18. The number of nitrogens with zero attached hydrogens (tertiary/aromatic N) is 2. The molecule has 6 nitrogen and oxygen atoms in total. The van der Waals surface area contributed by atoms with Gasteiger partial charge in [-0.05, 0) is 30.0 Å². The second-order valence-corrected chi connectivity index (χ2v) is 5.52. The van der Waals surface area contributed by atoms with Gasteiger partial charge in [-0.1, -0.05) is 0 Å². The fourth-order valence-corrected chi connectivity index (χ4v) is 2.90. The molecule has 0 bridgehead atoms. The molecule has 20 heavy (non-hydrogen) atoms. The van der Waals surface area contributed by atoms with E-state index in [0.29, 0.717) is 4.91 Å². The van der Waals surface area contributed by atoms with Crippen LogP contribution >= 0.6 is 11.8 Å². The number of pyridine rings is 1. The summed E-state index contributed by atoms with van der Waals surface area (Å²) in [6.07, 6.45) is 3.47. The van der Waals surface area contributed by atoms with Crippen LogP contribution in [0.25, 0.3) is 6.08 Å². The Morgan fingerprint density at radius 1 is 1.30 bits per heavy atom. The highest BCUT2D eigenvalue weighted by Crippen LogP contribution is 2.28. The summed E-state index contributed by atoms with van der Waals surface area (Å²) in [7, 11) is 0. The molecule has 0 radical (unpaired) electrons. The molecule has 7 heteroatoms. The predicted octanol–water partition coefficient (Wildman–Crippen LogP) is 0.815. The van der Waals surface area contributed by atoms with Crippen LogP contribution in [0.1, 0.15) is 5.56 Å². The lowest BCUT2D eigenvalue weighted by molar-refractivity contribution is -0.115. The zero-order valence-electron chi connectivity index (χ0n) is 10.8. The molecule has 104 valence electrons. The van der Waals surface area contributed by atoms with Crippen LogP contribution in [0.15, 0.2) is 23.2 Å². The number of carbonyl (C=O) groups is 2. The number of thioether (sulfide) groups is 1. The number of hydrogen-bond acceptors (Lipinski definition) is 6. The Morgan fingerprint density at radius 3 is 2.80 bits per heavy atom. The lowest BCUT2D eigenvalue weighted by Crippen LogP contribution is -2.44. The summed E-state index contributed by atoms with van der Waals surface area (Å²) in [6.45, 7) is 3.59. The van der Waals surface area contributed by atoms with E-state index in [1.54, 1.807) is 12.3 Å². The number of imide groups is 1. The Labute approximate surface area is 120 Å². The summed E-state index contributed by atoms with van der Waals surface area (Å²) in [6, 6.07) is 3.74. The van der Waals surface area contributed by atoms with Crippen molar-refractivity contribution in [1.82, 2.24) is 15.6 Å². The molecular formula is C13H14N4O2S. The van der Waals surface area contributed by atoms with Crippen LogP contribution < -0.4 is 15.5 Å². The second-order valence-electron chi connectivity index (χ2n) is 4.51. The second kappa shape index (κ2) is 5.64. The lowest BCUT2D eigenvalue weighted by atomic mass is 10.2. The summed E-state index contributed by atoms with van der Waals surface area (Å²) in [4.78, 5) is 29.8. The van der Waals surface area contributed by atoms with E-state index in [1.807, 2.05) is 12.1 Å². The topological polar surface area (TPSA) is 74.3 Å². The van der Waals surface area contributed by atoms with E-state index in [1.165, 1.54) is 0 Å². The summed E-state index contributed by atoms with van der Waals surface area (Å²) < 4.78 is 0. The first-order valence-corrected chi connectivity index (χ1v) is 7.21. The van der Waals surface area contributed by atoms with Crippen LogP contribution in [0.4, 0.5) is 10.6 Å². The molecule has 2 N–H and O–H groups in total. The van der Waals surface area contributed by atoms with Gasteiger partial charge in [0.15, 0.2) is 0 Å². The fraction of sp³-hybridized carbons (Fsp3) is 0.308. The largest absolute Gasteiger partial charge is 0.354 e. The molecule has 2 fully saturated rings. The Morgan fingerprint density at radius 2 is 2.10 bits per heavy atom. The Kier molecular flexibility index (Phi) is 3.70. The number of hydrogen-bond donors (Lipinski definition) is 2. The highest BCUT2D eigenvalue weighted by atomic mass is 32.2. The maximum atomic E-state index is 11.6. The van der Waals surface area contributed by atoms with Gasteiger partial charge in [0.05, 0.1) is 4.91 Å². The van der Waals surface area contributed by atoms with Crippen molar-refractivity contribution in [3.8, 4) is 0 Å². The molecule has 0 saturated carbocycles. The van der Waals surface area contributed by atoms with E-state index >= 15 is 0 Å². The molecule has 1 aromatic rings. The average molecular weight is 290 g/mol. The van der Waals surface area contributed by atoms with Crippen molar-refractivity contribution in [1.29, 1.82) is 0 Å². The smallest absolute Gasteiger partial charge is 0.290 e. The third kappa shape index (κ3) is 2.68. The van der Waals surface area contributed by atoms with Crippen molar-refractivity contribution in [2.24, 2.45) is 0 Å². The van der Waals surface area contributed by atoms with Gasteiger partial charge < -0.3 is 10.2 Å².